The molecule has 0 saturated heterocycles. The molecule has 0 amide bonds. The predicted octanol–water partition coefficient (Wildman–Crippen LogP) is 2.59. The molecule has 0 spiro atoms. The van der Waals surface area contributed by atoms with Crippen molar-refractivity contribution in [3.63, 3.8) is 0 Å². The zero-order valence-corrected chi connectivity index (χ0v) is 13.3. The standard InChI is InChI=1S/C15H32N2O2/c1-6-13(4)12-17(8-3)11-9-10-15(7-2,16-5)14(18)19/h13,16H,6-12H2,1-5H3,(H,18,19). The molecule has 0 aliphatic rings. The normalized spacial score (nSPS) is 16.3. The van der Waals surface area contributed by atoms with Gasteiger partial charge in [0.15, 0.2) is 0 Å². The van der Waals surface area contributed by atoms with Gasteiger partial charge in [0, 0.05) is 6.54 Å². The second kappa shape index (κ2) is 9.32. The molecule has 0 aliphatic carbocycles. The summed E-state index contributed by atoms with van der Waals surface area (Å²) < 4.78 is 0. The van der Waals surface area contributed by atoms with Crippen LogP contribution >= 0.6 is 0 Å². The monoisotopic (exact) mass is 272 g/mol. The maximum atomic E-state index is 11.4. The third-order valence-corrected chi connectivity index (χ3v) is 4.28. The van der Waals surface area contributed by atoms with Gasteiger partial charge in [-0.05, 0) is 45.3 Å². The van der Waals surface area contributed by atoms with Crippen molar-refractivity contribution in [1.82, 2.24) is 10.2 Å². The van der Waals surface area contributed by atoms with Gasteiger partial charge in [-0.25, -0.2) is 0 Å². The van der Waals surface area contributed by atoms with Crippen LogP contribution < -0.4 is 5.32 Å². The summed E-state index contributed by atoms with van der Waals surface area (Å²) in [5.41, 5.74) is -0.754. The first kappa shape index (κ1) is 18.4. The highest BCUT2D eigenvalue weighted by molar-refractivity contribution is 5.78. The Kier molecular flexibility index (Phi) is 9.02. The second-order valence-corrected chi connectivity index (χ2v) is 5.50. The van der Waals surface area contributed by atoms with Crippen molar-refractivity contribution < 1.29 is 9.90 Å². The lowest BCUT2D eigenvalue weighted by atomic mass is 9.90. The highest BCUT2D eigenvalue weighted by Crippen LogP contribution is 2.18. The highest BCUT2D eigenvalue weighted by atomic mass is 16.4. The molecule has 0 bridgehead atoms. The van der Waals surface area contributed by atoms with Gasteiger partial charge in [0.1, 0.15) is 5.54 Å². The van der Waals surface area contributed by atoms with Gasteiger partial charge in [-0.3, -0.25) is 4.79 Å². The zero-order valence-electron chi connectivity index (χ0n) is 13.3. The summed E-state index contributed by atoms with van der Waals surface area (Å²) in [7, 11) is 1.74. The Balaban J connectivity index is 4.27. The zero-order chi connectivity index (χ0) is 14.9. The Labute approximate surface area is 118 Å². The van der Waals surface area contributed by atoms with E-state index in [0.717, 1.165) is 26.1 Å². The van der Waals surface area contributed by atoms with Crippen molar-refractivity contribution in [3.8, 4) is 0 Å². The fourth-order valence-corrected chi connectivity index (χ4v) is 2.40. The van der Waals surface area contributed by atoms with Crippen molar-refractivity contribution in [2.24, 2.45) is 5.92 Å². The summed E-state index contributed by atoms with van der Waals surface area (Å²) in [6.07, 6.45) is 3.43. The average molecular weight is 272 g/mol. The molecule has 4 heteroatoms. The van der Waals surface area contributed by atoms with Crippen LogP contribution in [0.5, 0.6) is 0 Å². The van der Waals surface area contributed by atoms with E-state index in [0.29, 0.717) is 18.8 Å². The molecule has 0 aromatic carbocycles. The summed E-state index contributed by atoms with van der Waals surface area (Å²) in [6.45, 7) is 11.7. The van der Waals surface area contributed by atoms with Crippen LogP contribution in [0.3, 0.4) is 0 Å². The number of aliphatic carboxylic acids is 1. The Morgan fingerprint density at radius 2 is 2.00 bits per heavy atom. The van der Waals surface area contributed by atoms with E-state index in [-0.39, 0.29) is 0 Å². The van der Waals surface area contributed by atoms with E-state index >= 15 is 0 Å². The van der Waals surface area contributed by atoms with Crippen LogP contribution in [0.1, 0.15) is 53.4 Å². The number of carboxylic acid groups (broad SMARTS) is 1. The molecular weight excluding hydrogens is 240 g/mol. The van der Waals surface area contributed by atoms with E-state index in [1.165, 1.54) is 6.42 Å². The SMILES string of the molecule is CCC(C)CN(CC)CCCC(CC)(NC)C(=O)O. The van der Waals surface area contributed by atoms with E-state index < -0.39 is 11.5 Å². The number of carbonyl (C=O) groups is 1. The van der Waals surface area contributed by atoms with Crippen LogP contribution in [0.4, 0.5) is 0 Å². The van der Waals surface area contributed by atoms with E-state index in [4.69, 9.17) is 0 Å². The average Bonchev–Trinajstić information content (AvgIpc) is 2.41. The van der Waals surface area contributed by atoms with Crippen LogP contribution in [0, 0.1) is 5.92 Å². The number of nitrogens with zero attached hydrogens (tertiary/aromatic N) is 1. The van der Waals surface area contributed by atoms with Gasteiger partial charge in [-0.1, -0.05) is 34.1 Å². The van der Waals surface area contributed by atoms with E-state index in [1.54, 1.807) is 7.05 Å². The molecule has 0 aromatic rings. The van der Waals surface area contributed by atoms with Gasteiger partial charge < -0.3 is 15.3 Å². The molecule has 2 atom stereocenters. The van der Waals surface area contributed by atoms with Gasteiger partial charge >= 0.3 is 5.97 Å². The molecule has 0 fully saturated rings. The van der Waals surface area contributed by atoms with E-state index in [2.05, 4.69) is 31.0 Å². The molecular formula is C15H32N2O2. The fraction of sp³-hybridized carbons (Fsp3) is 0.933. The summed E-state index contributed by atoms with van der Waals surface area (Å²) >= 11 is 0. The van der Waals surface area contributed by atoms with Gasteiger partial charge in [0.2, 0.25) is 0 Å². The fourth-order valence-electron chi connectivity index (χ4n) is 2.40. The quantitative estimate of drug-likeness (QED) is 0.607. The van der Waals surface area contributed by atoms with Crippen molar-refractivity contribution in [2.75, 3.05) is 26.7 Å². The molecule has 0 saturated carbocycles. The van der Waals surface area contributed by atoms with Gasteiger partial charge in [-0.2, -0.15) is 0 Å². The molecule has 114 valence electrons. The molecule has 2 unspecified atom stereocenters. The van der Waals surface area contributed by atoms with Crippen molar-refractivity contribution in [2.45, 2.75) is 58.9 Å². The van der Waals surface area contributed by atoms with Crippen molar-refractivity contribution in [1.29, 1.82) is 0 Å². The van der Waals surface area contributed by atoms with Crippen LogP contribution in [-0.4, -0.2) is 48.2 Å². The first-order valence-corrected chi connectivity index (χ1v) is 7.60. The molecule has 4 nitrogen and oxygen atoms in total. The minimum absolute atomic E-state index is 0.621. The Hall–Kier alpha value is -0.610. The first-order valence-electron chi connectivity index (χ1n) is 7.60. The largest absolute Gasteiger partial charge is 0.480 e. The van der Waals surface area contributed by atoms with Crippen molar-refractivity contribution >= 4 is 5.97 Å². The van der Waals surface area contributed by atoms with Gasteiger partial charge in [0.25, 0.3) is 0 Å². The maximum absolute atomic E-state index is 11.4. The molecule has 0 aliphatic heterocycles. The third-order valence-electron chi connectivity index (χ3n) is 4.28. The molecule has 0 heterocycles. The molecule has 0 radical (unpaired) electrons. The Morgan fingerprint density at radius 1 is 1.37 bits per heavy atom. The minimum Gasteiger partial charge on any atom is -0.480 e. The topological polar surface area (TPSA) is 52.6 Å². The second-order valence-electron chi connectivity index (χ2n) is 5.50. The smallest absolute Gasteiger partial charge is 0.323 e. The summed E-state index contributed by atoms with van der Waals surface area (Å²) in [5.74, 6) is -0.0258. The predicted molar refractivity (Wildman–Crippen MR) is 80.5 cm³/mol. The number of likely N-dealkylation sites (N-methyl/N-ethyl adjacent to an activating group) is 1. The Bertz CT molecular complexity index is 253. The number of rotatable bonds is 11. The van der Waals surface area contributed by atoms with Crippen LogP contribution in [-0.2, 0) is 4.79 Å². The lowest BCUT2D eigenvalue weighted by molar-refractivity contribution is -0.145. The molecule has 2 N–H and O–H groups in total. The van der Waals surface area contributed by atoms with Gasteiger partial charge in [0.05, 0.1) is 0 Å². The maximum Gasteiger partial charge on any atom is 0.323 e. The van der Waals surface area contributed by atoms with E-state index in [9.17, 15) is 9.90 Å². The van der Waals surface area contributed by atoms with Crippen molar-refractivity contribution in [3.05, 3.63) is 0 Å². The lowest BCUT2D eigenvalue weighted by Gasteiger charge is -2.29. The lowest BCUT2D eigenvalue weighted by Crippen LogP contribution is -2.50. The molecule has 0 aromatic heterocycles. The number of hydrogen-bond acceptors (Lipinski definition) is 3. The third kappa shape index (κ3) is 5.91. The minimum atomic E-state index is -0.754. The summed E-state index contributed by atoms with van der Waals surface area (Å²) in [5, 5.41) is 12.3. The van der Waals surface area contributed by atoms with Gasteiger partial charge in [-0.15, -0.1) is 0 Å². The molecule has 19 heavy (non-hydrogen) atoms. The van der Waals surface area contributed by atoms with Crippen LogP contribution in [0.2, 0.25) is 0 Å². The summed E-state index contributed by atoms with van der Waals surface area (Å²) in [4.78, 5) is 13.8. The number of nitrogens with one attached hydrogen (secondary N) is 1. The first-order chi connectivity index (χ1) is 8.95. The number of hydrogen-bond donors (Lipinski definition) is 2. The Morgan fingerprint density at radius 3 is 2.37 bits per heavy atom. The van der Waals surface area contributed by atoms with Crippen LogP contribution in [0.15, 0.2) is 0 Å². The van der Waals surface area contributed by atoms with Crippen LogP contribution in [0.25, 0.3) is 0 Å². The summed E-state index contributed by atoms with van der Waals surface area (Å²) in [6, 6.07) is 0. The number of carboxylic acids is 1. The molecule has 0 rings (SSSR count). The highest BCUT2D eigenvalue weighted by Gasteiger charge is 2.34. The van der Waals surface area contributed by atoms with E-state index in [1.807, 2.05) is 6.92 Å².